The van der Waals surface area contributed by atoms with E-state index in [9.17, 15) is 30.4 Å². The van der Waals surface area contributed by atoms with E-state index in [-0.39, 0.29) is 36.0 Å². The van der Waals surface area contributed by atoms with E-state index in [0.29, 0.717) is 0 Å². The summed E-state index contributed by atoms with van der Waals surface area (Å²) in [7, 11) is -7.95. The predicted octanol–water partition coefficient (Wildman–Crippen LogP) is 1.16. The molecule has 0 aliphatic carbocycles. The Bertz CT molecular complexity index is 1160. The molecule has 1 saturated heterocycles. The number of hydrogen-bond acceptors (Lipinski definition) is 5. The van der Waals surface area contributed by atoms with E-state index in [1.807, 2.05) is 0 Å². The Morgan fingerprint density at radius 3 is 2.10 bits per heavy atom. The summed E-state index contributed by atoms with van der Waals surface area (Å²) < 4.78 is 79.9. The Balaban J connectivity index is 1.62. The molecule has 0 bridgehead atoms. The maximum atomic E-state index is 13.4. The zero-order valence-corrected chi connectivity index (χ0v) is 18.2. The summed E-state index contributed by atoms with van der Waals surface area (Å²) in [6, 6.07) is 7.73. The van der Waals surface area contributed by atoms with Crippen LogP contribution < -0.4 is 4.72 Å². The van der Waals surface area contributed by atoms with Gasteiger partial charge in [0.05, 0.1) is 15.8 Å². The van der Waals surface area contributed by atoms with Gasteiger partial charge in [0, 0.05) is 26.2 Å². The molecule has 0 radical (unpaired) electrons. The Morgan fingerprint density at radius 2 is 1.52 bits per heavy atom. The van der Waals surface area contributed by atoms with Gasteiger partial charge in [-0.25, -0.2) is 25.6 Å². The van der Waals surface area contributed by atoms with Gasteiger partial charge in [-0.1, -0.05) is 6.07 Å². The van der Waals surface area contributed by atoms with Crippen molar-refractivity contribution in [2.24, 2.45) is 0 Å². The summed E-state index contributed by atoms with van der Waals surface area (Å²) >= 11 is 0. The fraction of sp³-hybridized carbons (Fsp3) is 0.316. The number of carbonyl (C=O) groups excluding carboxylic acids is 1. The molecular weight excluding hydrogens is 452 g/mol. The van der Waals surface area contributed by atoms with E-state index in [0.717, 1.165) is 40.7 Å². The van der Waals surface area contributed by atoms with Crippen LogP contribution >= 0.6 is 0 Å². The molecule has 2 aromatic carbocycles. The lowest BCUT2D eigenvalue weighted by molar-refractivity contribution is -0.133. The first-order chi connectivity index (χ1) is 14.5. The second-order valence-electron chi connectivity index (χ2n) is 6.98. The number of halogens is 2. The minimum Gasteiger partial charge on any atom is -0.339 e. The molecule has 12 heteroatoms. The van der Waals surface area contributed by atoms with Crippen molar-refractivity contribution in [2.45, 2.75) is 22.8 Å². The zero-order valence-electron chi connectivity index (χ0n) is 16.5. The summed E-state index contributed by atoms with van der Waals surface area (Å²) in [6.45, 7) is 1.45. The minimum absolute atomic E-state index is 0.0119. The van der Waals surface area contributed by atoms with Crippen molar-refractivity contribution in [3.63, 3.8) is 0 Å². The Hall–Kier alpha value is -2.41. The van der Waals surface area contributed by atoms with E-state index in [1.54, 1.807) is 0 Å². The molecule has 0 unspecified atom stereocenters. The average Bonchev–Trinajstić information content (AvgIpc) is 2.73. The summed E-state index contributed by atoms with van der Waals surface area (Å²) in [4.78, 5) is 13.7. The molecule has 1 heterocycles. The van der Waals surface area contributed by atoms with Crippen LogP contribution in [-0.4, -0.2) is 64.2 Å². The van der Waals surface area contributed by atoms with Gasteiger partial charge >= 0.3 is 0 Å². The number of sulfonamides is 2. The van der Waals surface area contributed by atoms with Crippen molar-refractivity contribution in [2.75, 3.05) is 26.2 Å². The standard InChI is InChI=1S/C19H21F2N3O5S2/c1-14(22-30(26,27)17-7-5-15(20)6-8-17)19(25)23-9-11-24(12-10-23)31(28,29)18-4-2-3-16(21)13-18/h2-8,13-14,22H,9-12H2,1H3/t14-/m0/s1. The summed E-state index contributed by atoms with van der Waals surface area (Å²) in [5.74, 6) is -1.78. The summed E-state index contributed by atoms with van der Waals surface area (Å²) in [6.07, 6.45) is 0. The van der Waals surface area contributed by atoms with Crippen molar-refractivity contribution in [1.82, 2.24) is 13.9 Å². The smallest absolute Gasteiger partial charge is 0.243 e. The van der Waals surface area contributed by atoms with Crippen LogP contribution in [0, 0.1) is 11.6 Å². The number of carbonyl (C=O) groups is 1. The topological polar surface area (TPSA) is 104 Å². The molecule has 168 valence electrons. The van der Waals surface area contributed by atoms with Crippen LogP contribution in [0.3, 0.4) is 0 Å². The van der Waals surface area contributed by atoms with Gasteiger partial charge < -0.3 is 4.90 Å². The van der Waals surface area contributed by atoms with Crippen LogP contribution in [0.1, 0.15) is 6.92 Å². The first-order valence-corrected chi connectivity index (χ1v) is 12.3. The molecule has 1 atom stereocenters. The van der Waals surface area contributed by atoms with Crippen LogP contribution in [0.5, 0.6) is 0 Å². The van der Waals surface area contributed by atoms with E-state index in [2.05, 4.69) is 4.72 Å². The Kier molecular flexibility index (Phi) is 6.74. The normalized spacial score (nSPS) is 16.8. The van der Waals surface area contributed by atoms with Gasteiger partial charge in [-0.3, -0.25) is 4.79 Å². The lowest BCUT2D eigenvalue weighted by atomic mass is 10.2. The number of rotatable bonds is 6. The molecule has 3 rings (SSSR count). The van der Waals surface area contributed by atoms with Gasteiger partial charge in [-0.05, 0) is 49.4 Å². The van der Waals surface area contributed by atoms with Gasteiger partial charge in [0.1, 0.15) is 11.6 Å². The third-order valence-corrected chi connectivity index (χ3v) is 8.26. The molecule has 1 fully saturated rings. The number of hydrogen-bond donors (Lipinski definition) is 1. The minimum atomic E-state index is -4.04. The van der Waals surface area contributed by atoms with Gasteiger partial charge in [-0.15, -0.1) is 0 Å². The maximum Gasteiger partial charge on any atom is 0.243 e. The van der Waals surface area contributed by atoms with Crippen LogP contribution in [0.4, 0.5) is 8.78 Å². The quantitative estimate of drug-likeness (QED) is 0.678. The van der Waals surface area contributed by atoms with Crippen molar-refractivity contribution in [3.8, 4) is 0 Å². The van der Waals surface area contributed by atoms with Gasteiger partial charge in [0.15, 0.2) is 0 Å². The highest BCUT2D eigenvalue weighted by Gasteiger charge is 2.32. The Morgan fingerprint density at radius 1 is 0.903 bits per heavy atom. The van der Waals surface area contributed by atoms with E-state index in [1.165, 1.54) is 24.0 Å². The SMILES string of the molecule is C[C@H](NS(=O)(=O)c1ccc(F)cc1)C(=O)N1CCN(S(=O)(=O)c2cccc(F)c2)CC1. The first kappa shape index (κ1) is 23.3. The third kappa shape index (κ3) is 5.26. The fourth-order valence-electron chi connectivity index (χ4n) is 3.16. The van der Waals surface area contributed by atoms with Crippen molar-refractivity contribution in [3.05, 3.63) is 60.2 Å². The monoisotopic (exact) mass is 473 g/mol. The number of amides is 1. The molecular formula is C19H21F2N3O5S2. The highest BCUT2D eigenvalue weighted by atomic mass is 32.2. The number of piperazine rings is 1. The molecule has 31 heavy (non-hydrogen) atoms. The molecule has 1 aliphatic heterocycles. The zero-order chi connectivity index (χ0) is 22.8. The maximum absolute atomic E-state index is 13.4. The molecule has 1 aliphatic rings. The summed E-state index contributed by atoms with van der Waals surface area (Å²) in [5, 5.41) is 0. The van der Waals surface area contributed by atoms with E-state index >= 15 is 0 Å². The lowest BCUT2D eigenvalue weighted by Crippen LogP contribution is -2.55. The first-order valence-electron chi connectivity index (χ1n) is 9.33. The molecule has 0 spiro atoms. The summed E-state index contributed by atoms with van der Waals surface area (Å²) in [5.41, 5.74) is 0. The predicted molar refractivity (Wildman–Crippen MR) is 108 cm³/mol. The van der Waals surface area contributed by atoms with Gasteiger partial charge in [0.25, 0.3) is 0 Å². The van der Waals surface area contributed by atoms with E-state index < -0.39 is 43.6 Å². The molecule has 1 amide bonds. The fourth-order valence-corrected chi connectivity index (χ4v) is 5.82. The largest absolute Gasteiger partial charge is 0.339 e. The molecule has 0 aromatic heterocycles. The third-order valence-electron chi connectivity index (χ3n) is 4.81. The average molecular weight is 474 g/mol. The van der Waals surface area contributed by atoms with Gasteiger partial charge in [-0.2, -0.15) is 9.03 Å². The van der Waals surface area contributed by atoms with Crippen LogP contribution in [0.2, 0.25) is 0 Å². The van der Waals surface area contributed by atoms with Crippen LogP contribution in [0.25, 0.3) is 0 Å². The Labute approximate surface area is 179 Å². The van der Waals surface area contributed by atoms with Crippen molar-refractivity contribution in [1.29, 1.82) is 0 Å². The second-order valence-corrected chi connectivity index (χ2v) is 10.6. The molecule has 1 N–H and O–H groups in total. The number of benzene rings is 2. The number of nitrogens with one attached hydrogen (secondary N) is 1. The highest BCUT2D eigenvalue weighted by molar-refractivity contribution is 7.89. The molecule has 8 nitrogen and oxygen atoms in total. The number of nitrogens with zero attached hydrogens (tertiary/aromatic N) is 2. The van der Waals surface area contributed by atoms with E-state index in [4.69, 9.17) is 0 Å². The lowest BCUT2D eigenvalue weighted by Gasteiger charge is -2.35. The van der Waals surface area contributed by atoms with Crippen molar-refractivity contribution >= 4 is 26.0 Å². The van der Waals surface area contributed by atoms with Crippen LogP contribution in [0.15, 0.2) is 58.3 Å². The molecule has 2 aromatic rings. The second kappa shape index (κ2) is 8.99. The van der Waals surface area contributed by atoms with Gasteiger partial charge in [0.2, 0.25) is 26.0 Å². The van der Waals surface area contributed by atoms with Crippen LogP contribution in [-0.2, 0) is 24.8 Å². The van der Waals surface area contributed by atoms with Crippen molar-refractivity contribution < 1.29 is 30.4 Å². The molecule has 0 saturated carbocycles. The highest BCUT2D eigenvalue weighted by Crippen LogP contribution is 2.19.